The van der Waals surface area contributed by atoms with Crippen molar-refractivity contribution in [2.75, 3.05) is 25.0 Å². The van der Waals surface area contributed by atoms with E-state index >= 15 is 0 Å². The Balaban J connectivity index is 1.52. The maximum atomic E-state index is 12.9. The van der Waals surface area contributed by atoms with E-state index in [1.54, 1.807) is 43.3 Å². The Morgan fingerprint density at radius 2 is 1.71 bits per heavy atom. The molecule has 0 heterocycles. The standard InChI is InChI=1S/C26H35N3O5S/c1-4-34-23-14-11-21(18(2)3)17-24(23)35(32,33)28-16-15-27-25(30)20-9-12-22(13-10-20)29-26(31)19-7-5-6-8-19/h9-14,17-19,28H,4-8,15-16H2,1-3H3,(H,27,30)(H,29,31). The van der Waals surface area contributed by atoms with Gasteiger partial charge in [-0.25, -0.2) is 13.1 Å². The van der Waals surface area contributed by atoms with Crippen LogP contribution in [0.3, 0.4) is 0 Å². The quantitative estimate of drug-likeness (QED) is 0.402. The lowest BCUT2D eigenvalue weighted by Gasteiger charge is -2.15. The number of nitrogens with one attached hydrogen (secondary N) is 3. The van der Waals surface area contributed by atoms with E-state index < -0.39 is 10.0 Å². The van der Waals surface area contributed by atoms with Gasteiger partial charge in [0.05, 0.1) is 6.61 Å². The van der Waals surface area contributed by atoms with Gasteiger partial charge >= 0.3 is 0 Å². The van der Waals surface area contributed by atoms with Crippen LogP contribution >= 0.6 is 0 Å². The third-order valence-corrected chi connectivity index (χ3v) is 7.55. The number of rotatable bonds is 11. The van der Waals surface area contributed by atoms with Crippen LogP contribution in [0.4, 0.5) is 5.69 Å². The molecule has 3 N–H and O–H groups in total. The van der Waals surface area contributed by atoms with E-state index in [0.29, 0.717) is 23.6 Å². The summed E-state index contributed by atoms with van der Waals surface area (Å²) < 4.78 is 33.8. The highest BCUT2D eigenvalue weighted by atomic mass is 32.2. The van der Waals surface area contributed by atoms with E-state index in [-0.39, 0.29) is 41.6 Å². The molecule has 1 fully saturated rings. The summed E-state index contributed by atoms with van der Waals surface area (Å²) in [6, 6.07) is 11.8. The summed E-state index contributed by atoms with van der Waals surface area (Å²) in [6.45, 7) is 6.28. The average molecular weight is 502 g/mol. The number of hydrogen-bond donors (Lipinski definition) is 3. The van der Waals surface area contributed by atoms with Crippen LogP contribution in [0.15, 0.2) is 47.4 Å². The zero-order valence-corrected chi connectivity index (χ0v) is 21.4. The summed E-state index contributed by atoms with van der Waals surface area (Å²) in [4.78, 5) is 24.8. The molecule has 0 unspecified atom stereocenters. The van der Waals surface area contributed by atoms with Gasteiger partial charge in [0.15, 0.2) is 0 Å². The Hall–Kier alpha value is -2.91. The highest BCUT2D eigenvalue weighted by Gasteiger charge is 2.23. The smallest absolute Gasteiger partial charge is 0.251 e. The topological polar surface area (TPSA) is 114 Å². The van der Waals surface area contributed by atoms with E-state index in [1.807, 2.05) is 19.9 Å². The molecule has 9 heteroatoms. The van der Waals surface area contributed by atoms with Crippen LogP contribution in [0.5, 0.6) is 5.75 Å². The molecule has 0 spiro atoms. The van der Waals surface area contributed by atoms with Crippen LogP contribution < -0.4 is 20.1 Å². The minimum absolute atomic E-state index is 0.0263. The molecule has 0 saturated heterocycles. The predicted octanol–water partition coefficient (Wildman–Crippen LogP) is 4.05. The normalized spacial score (nSPS) is 14.2. The van der Waals surface area contributed by atoms with Crippen molar-refractivity contribution in [1.82, 2.24) is 10.0 Å². The molecule has 0 aromatic heterocycles. The minimum Gasteiger partial charge on any atom is -0.492 e. The van der Waals surface area contributed by atoms with Crippen molar-refractivity contribution in [2.45, 2.75) is 57.3 Å². The van der Waals surface area contributed by atoms with Crippen LogP contribution in [-0.4, -0.2) is 39.9 Å². The van der Waals surface area contributed by atoms with E-state index in [2.05, 4.69) is 15.4 Å². The number of amides is 2. The fourth-order valence-corrected chi connectivity index (χ4v) is 5.26. The summed E-state index contributed by atoms with van der Waals surface area (Å²) in [5, 5.41) is 5.61. The van der Waals surface area contributed by atoms with E-state index in [4.69, 9.17) is 4.74 Å². The number of sulfonamides is 1. The van der Waals surface area contributed by atoms with Crippen LogP contribution in [-0.2, 0) is 14.8 Å². The van der Waals surface area contributed by atoms with Gasteiger partial charge in [-0.1, -0.05) is 32.8 Å². The van der Waals surface area contributed by atoms with Crippen molar-refractivity contribution in [1.29, 1.82) is 0 Å². The van der Waals surface area contributed by atoms with Crippen LogP contribution in [0, 0.1) is 5.92 Å². The Morgan fingerprint density at radius 3 is 2.34 bits per heavy atom. The number of carbonyl (C=O) groups is 2. The second-order valence-electron chi connectivity index (χ2n) is 9.00. The Bertz CT molecular complexity index is 1120. The largest absolute Gasteiger partial charge is 0.492 e. The first-order valence-corrected chi connectivity index (χ1v) is 13.6. The molecule has 35 heavy (non-hydrogen) atoms. The third kappa shape index (κ3) is 7.29. The fourth-order valence-electron chi connectivity index (χ4n) is 4.05. The summed E-state index contributed by atoms with van der Waals surface area (Å²) in [6.07, 6.45) is 4.02. The second kappa shape index (κ2) is 12.2. The van der Waals surface area contributed by atoms with Crippen molar-refractivity contribution in [3.05, 3.63) is 53.6 Å². The molecule has 2 aromatic carbocycles. The lowest BCUT2D eigenvalue weighted by molar-refractivity contribution is -0.119. The highest BCUT2D eigenvalue weighted by Crippen LogP contribution is 2.28. The predicted molar refractivity (Wildman–Crippen MR) is 136 cm³/mol. The second-order valence-corrected chi connectivity index (χ2v) is 10.7. The van der Waals surface area contributed by atoms with E-state index in [9.17, 15) is 18.0 Å². The molecule has 3 rings (SSSR count). The number of ether oxygens (including phenoxy) is 1. The maximum Gasteiger partial charge on any atom is 0.251 e. The van der Waals surface area contributed by atoms with Gasteiger partial charge in [-0.05, 0) is 67.6 Å². The molecular formula is C26H35N3O5S. The summed E-state index contributed by atoms with van der Waals surface area (Å²) >= 11 is 0. The Morgan fingerprint density at radius 1 is 1.03 bits per heavy atom. The molecule has 2 aromatic rings. The molecule has 1 aliphatic carbocycles. The zero-order chi connectivity index (χ0) is 25.4. The number of hydrogen-bond acceptors (Lipinski definition) is 5. The molecule has 1 aliphatic rings. The van der Waals surface area contributed by atoms with Crippen LogP contribution in [0.25, 0.3) is 0 Å². The van der Waals surface area contributed by atoms with Crippen molar-refractivity contribution < 1.29 is 22.7 Å². The van der Waals surface area contributed by atoms with Gasteiger partial charge in [0.25, 0.3) is 5.91 Å². The van der Waals surface area contributed by atoms with Crippen molar-refractivity contribution in [3.63, 3.8) is 0 Å². The van der Waals surface area contributed by atoms with Gasteiger partial charge in [-0.3, -0.25) is 9.59 Å². The molecule has 0 atom stereocenters. The number of benzene rings is 2. The van der Waals surface area contributed by atoms with E-state index in [0.717, 1.165) is 31.2 Å². The average Bonchev–Trinajstić information content (AvgIpc) is 3.38. The Labute approximate surface area is 207 Å². The molecule has 0 aliphatic heterocycles. The molecule has 8 nitrogen and oxygen atoms in total. The minimum atomic E-state index is -3.82. The SMILES string of the molecule is CCOc1ccc(C(C)C)cc1S(=O)(=O)NCCNC(=O)c1ccc(NC(=O)C2CCCC2)cc1. The number of anilines is 1. The molecule has 0 radical (unpaired) electrons. The Kier molecular flexibility index (Phi) is 9.28. The van der Waals surface area contributed by atoms with Crippen molar-refractivity contribution in [2.24, 2.45) is 5.92 Å². The first kappa shape index (κ1) is 26.7. The maximum absolute atomic E-state index is 12.9. The summed E-state index contributed by atoms with van der Waals surface area (Å²) in [7, 11) is -3.82. The highest BCUT2D eigenvalue weighted by molar-refractivity contribution is 7.89. The lowest BCUT2D eigenvalue weighted by atomic mass is 10.0. The molecule has 2 amide bonds. The van der Waals surface area contributed by atoms with Crippen LogP contribution in [0.2, 0.25) is 0 Å². The third-order valence-electron chi connectivity index (χ3n) is 6.07. The van der Waals surface area contributed by atoms with Crippen LogP contribution in [0.1, 0.15) is 68.3 Å². The van der Waals surface area contributed by atoms with Crippen molar-refractivity contribution >= 4 is 27.5 Å². The summed E-state index contributed by atoms with van der Waals surface area (Å²) in [5.74, 6) is 0.238. The van der Waals surface area contributed by atoms with Gasteiger partial charge < -0.3 is 15.4 Å². The first-order valence-electron chi connectivity index (χ1n) is 12.2. The molecule has 190 valence electrons. The molecule has 1 saturated carbocycles. The van der Waals surface area contributed by atoms with Gasteiger partial charge in [0, 0.05) is 30.3 Å². The van der Waals surface area contributed by atoms with Gasteiger partial charge in [0.2, 0.25) is 15.9 Å². The van der Waals surface area contributed by atoms with Gasteiger partial charge in [-0.15, -0.1) is 0 Å². The summed E-state index contributed by atoms with van der Waals surface area (Å²) in [5.41, 5.74) is 1.97. The molecular weight excluding hydrogens is 466 g/mol. The van der Waals surface area contributed by atoms with Gasteiger partial charge in [-0.2, -0.15) is 0 Å². The zero-order valence-electron chi connectivity index (χ0n) is 20.6. The fraction of sp³-hybridized carbons (Fsp3) is 0.462. The van der Waals surface area contributed by atoms with Gasteiger partial charge in [0.1, 0.15) is 10.6 Å². The number of carbonyl (C=O) groups excluding carboxylic acids is 2. The van der Waals surface area contributed by atoms with E-state index in [1.165, 1.54) is 0 Å². The lowest BCUT2D eigenvalue weighted by Crippen LogP contribution is -2.35. The molecule has 0 bridgehead atoms. The van der Waals surface area contributed by atoms with Crippen molar-refractivity contribution in [3.8, 4) is 5.75 Å². The first-order chi connectivity index (χ1) is 16.7. The monoisotopic (exact) mass is 501 g/mol.